The van der Waals surface area contributed by atoms with Crippen LogP contribution >= 0.6 is 0 Å². The summed E-state index contributed by atoms with van der Waals surface area (Å²) in [7, 11) is 1.81. The Hall–Kier alpha value is -1.80. The first-order valence-electron chi connectivity index (χ1n) is 6.93. The molecule has 1 fully saturated rings. The van der Waals surface area contributed by atoms with Crippen molar-refractivity contribution in [1.29, 1.82) is 0 Å². The molecule has 1 amide bonds. The van der Waals surface area contributed by atoms with E-state index in [2.05, 4.69) is 11.0 Å². The topological polar surface area (TPSA) is 47.4 Å². The van der Waals surface area contributed by atoms with Gasteiger partial charge in [0, 0.05) is 20.1 Å². The highest BCUT2D eigenvalue weighted by atomic mass is 16.5. The molecule has 0 saturated carbocycles. The van der Waals surface area contributed by atoms with Gasteiger partial charge < -0.3 is 9.64 Å². The number of terminal acetylenes is 1. The van der Waals surface area contributed by atoms with Crippen LogP contribution in [0.5, 0.6) is 0 Å². The summed E-state index contributed by atoms with van der Waals surface area (Å²) in [6.45, 7) is 4.50. The maximum absolute atomic E-state index is 12.4. The van der Waals surface area contributed by atoms with E-state index in [4.69, 9.17) is 11.2 Å². The lowest BCUT2D eigenvalue weighted by molar-refractivity contribution is 0.0573. The van der Waals surface area contributed by atoms with Crippen molar-refractivity contribution in [2.24, 2.45) is 13.0 Å². The number of amides is 1. The van der Waals surface area contributed by atoms with Crippen molar-refractivity contribution in [3.8, 4) is 12.3 Å². The second-order valence-electron chi connectivity index (χ2n) is 5.25. The summed E-state index contributed by atoms with van der Waals surface area (Å²) < 4.78 is 7.02. The number of hydrogen-bond donors (Lipinski definition) is 0. The highest BCUT2D eigenvalue weighted by molar-refractivity contribution is 5.92. The van der Waals surface area contributed by atoms with Crippen LogP contribution in [0.1, 0.15) is 29.0 Å². The molecule has 1 aliphatic rings. The minimum Gasteiger partial charge on any atom is -0.369 e. The number of nitrogens with zero attached hydrogens (tertiary/aromatic N) is 3. The fourth-order valence-corrected chi connectivity index (χ4v) is 2.56. The Morgan fingerprint density at radius 2 is 2.25 bits per heavy atom. The number of ether oxygens (including phenoxy) is 1. The van der Waals surface area contributed by atoms with Crippen molar-refractivity contribution >= 4 is 5.91 Å². The summed E-state index contributed by atoms with van der Waals surface area (Å²) in [4.78, 5) is 14.3. The molecule has 2 heterocycles. The molecule has 0 aromatic carbocycles. The van der Waals surface area contributed by atoms with Gasteiger partial charge in [-0.1, -0.05) is 5.92 Å². The summed E-state index contributed by atoms with van der Waals surface area (Å²) in [5.41, 5.74) is 1.53. The number of aromatic nitrogens is 2. The minimum atomic E-state index is 0.0658. The molecule has 0 N–H and O–H groups in total. The van der Waals surface area contributed by atoms with Gasteiger partial charge in [0.1, 0.15) is 12.3 Å². The fraction of sp³-hybridized carbons (Fsp3) is 0.600. The van der Waals surface area contributed by atoms with Gasteiger partial charge in [-0.2, -0.15) is 5.10 Å². The second kappa shape index (κ2) is 6.58. The van der Waals surface area contributed by atoms with Crippen LogP contribution < -0.4 is 0 Å². The Labute approximate surface area is 119 Å². The minimum absolute atomic E-state index is 0.0658. The molecular weight excluding hydrogens is 254 g/mol. The van der Waals surface area contributed by atoms with Gasteiger partial charge in [-0.15, -0.1) is 6.42 Å². The van der Waals surface area contributed by atoms with Crippen molar-refractivity contribution in [2.75, 3.05) is 26.3 Å². The Balaban J connectivity index is 1.86. The summed E-state index contributed by atoms with van der Waals surface area (Å²) >= 11 is 0. The zero-order valence-corrected chi connectivity index (χ0v) is 12.1. The quantitative estimate of drug-likeness (QED) is 0.613. The molecule has 2 rings (SSSR count). The average molecular weight is 275 g/mol. The van der Waals surface area contributed by atoms with Gasteiger partial charge in [-0.05, 0) is 31.7 Å². The first-order chi connectivity index (χ1) is 9.61. The standard InChI is InChI=1S/C15H21N3O2/c1-4-9-20-11-13-5-7-18(8-6-13)15(19)14-10-12(2)16-17(14)3/h1,10,13H,5-9,11H2,2-3H3. The largest absolute Gasteiger partial charge is 0.369 e. The molecule has 0 atom stereocenters. The third-order valence-corrected chi connectivity index (χ3v) is 3.66. The first-order valence-corrected chi connectivity index (χ1v) is 6.93. The van der Waals surface area contributed by atoms with Crippen molar-refractivity contribution in [1.82, 2.24) is 14.7 Å². The summed E-state index contributed by atoms with van der Waals surface area (Å²) in [6.07, 6.45) is 7.08. The smallest absolute Gasteiger partial charge is 0.272 e. The van der Waals surface area contributed by atoms with Gasteiger partial charge in [-0.3, -0.25) is 9.48 Å². The Morgan fingerprint density at radius 1 is 1.55 bits per heavy atom. The molecule has 1 saturated heterocycles. The normalized spacial score (nSPS) is 16.1. The van der Waals surface area contributed by atoms with Crippen LogP contribution in [0.4, 0.5) is 0 Å². The molecule has 0 unspecified atom stereocenters. The van der Waals surface area contributed by atoms with E-state index in [-0.39, 0.29) is 5.91 Å². The monoisotopic (exact) mass is 275 g/mol. The summed E-state index contributed by atoms with van der Waals surface area (Å²) in [5, 5.41) is 4.22. The van der Waals surface area contributed by atoms with Crippen molar-refractivity contribution in [3.63, 3.8) is 0 Å². The van der Waals surface area contributed by atoms with E-state index in [0.717, 1.165) is 31.6 Å². The first kappa shape index (κ1) is 14.6. The van der Waals surface area contributed by atoms with Crippen molar-refractivity contribution < 1.29 is 9.53 Å². The average Bonchev–Trinajstić information content (AvgIpc) is 2.78. The SMILES string of the molecule is C#CCOCC1CCN(C(=O)c2cc(C)nn2C)CC1. The van der Waals surface area contributed by atoms with E-state index in [1.54, 1.807) is 11.7 Å². The van der Waals surface area contributed by atoms with Crippen LogP contribution in [0.15, 0.2) is 6.07 Å². The Kier molecular flexibility index (Phi) is 4.80. The van der Waals surface area contributed by atoms with Crippen LogP contribution in [0, 0.1) is 25.2 Å². The molecule has 5 heteroatoms. The highest BCUT2D eigenvalue weighted by Crippen LogP contribution is 2.19. The van der Waals surface area contributed by atoms with E-state index in [1.165, 1.54) is 0 Å². The highest BCUT2D eigenvalue weighted by Gasteiger charge is 2.25. The number of carbonyl (C=O) groups excluding carboxylic acids is 1. The van der Waals surface area contributed by atoms with Gasteiger partial charge in [0.25, 0.3) is 5.91 Å². The lowest BCUT2D eigenvalue weighted by atomic mass is 9.97. The zero-order chi connectivity index (χ0) is 14.5. The number of carbonyl (C=O) groups is 1. The maximum Gasteiger partial charge on any atom is 0.272 e. The van der Waals surface area contributed by atoms with Gasteiger partial charge in [-0.25, -0.2) is 0 Å². The predicted octanol–water partition coefficient (Wildman–Crippen LogP) is 1.23. The lowest BCUT2D eigenvalue weighted by Gasteiger charge is -2.31. The van der Waals surface area contributed by atoms with Crippen LogP contribution in [-0.2, 0) is 11.8 Å². The number of rotatable bonds is 4. The Bertz CT molecular complexity index is 508. The maximum atomic E-state index is 12.4. The van der Waals surface area contributed by atoms with Gasteiger partial charge >= 0.3 is 0 Å². The zero-order valence-electron chi connectivity index (χ0n) is 12.1. The third-order valence-electron chi connectivity index (χ3n) is 3.66. The Morgan fingerprint density at radius 3 is 2.80 bits per heavy atom. The number of hydrogen-bond acceptors (Lipinski definition) is 3. The van der Waals surface area contributed by atoms with Crippen molar-refractivity contribution in [2.45, 2.75) is 19.8 Å². The van der Waals surface area contributed by atoms with Gasteiger partial charge in [0.15, 0.2) is 0 Å². The van der Waals surface area contributed by atoms with Gasteiger partial charge in [0.2, 0.25) is 0 Å². The summed E-state index contributed by atoms with van der Waals surface area (Å²) in [6, 6.07) is 1.84. The second-order valence-corrected chi connectivity index (χ2v) is 5.25. The van der Waals surface area contributed by atoms with Gasteiger partial charge in [0.05, 0.1) is 12.3 Å². The molecule has 0 radical (unpaired) electrons. The van der Waals surface area contributed by atoms with E-state index < -0.39 is 0 Å². The number of piperidine rings is 1. The molecule has 0 bridgehead atoms. The van der Waals surface area contributed by atoms with Crippen LogP contribution in [-0.4, -0.2) is 46.9 Å². The number of likely N-dealkylation sites (tertiary alicyclic amines) is 1. The van der Waals surface area contributed by atoms with Crippen LogP contribution in [0.2, 0.25) is 0 Å². The molecule has 20 heavy (non-hydrogen) atoms. The lowest BCUT2D eigenvalue weighted by Crippen LogP contribution is -2.40. The van der Waals surface area contributed by atoms with E-state index in [0.29, 0.717) is 24.8 Å². The van der Waals surface area contributed by atoms with Crippen LogP contribution in [0.3, 0.4) is 0 Å². The molecule has 5 nitrogen and oxygen atoms in total. The van der Waals surface area contributed by atoms with Crippen molar-refractivity contribution in [3.05, 3.63) is 17.5 Å². The molecule has 1 aromatic rings. The van der Waals surface area contributed by atoms with Crippen LogP contribution in [0.25, 0.3) is 0 Å². The molecular formula is C15H21N3O2. The van der Waals surface area contributed by atoms with E-state index in [1.807, 2.05) is 17.9 Å². The molecule has 1 aliphatic heterocycles. The van der Waals surface area contributed by atoms with E-state index in [9.17, 15) is 4.79 Å². The fourth-order valence-electron chi connectivity index (χ4n) is 2.56. The molecule has 108 valence electrons. The molecule has 1 aromatic heterocycles. The van der Waals surface area contributed by atoms with E-state index >= 15 is 0 Å². The summed E-state index contributed by atoms with van der Waals surface area (Å²) in [5.74, 6) is 3.03. The third kappa shape index (κ3) is 3.40. The molecule has 0 spiro atoms. The number of aryl methyl sites for hydroxylation is 2. The molecule has 0 aliphatic carbocycles. The predicted molar refractivity (Wildman–Crippen MR) is 76.2 cm³/mol.